The second kappa shape index (κ2) is 6.48. The summed E-state index contributed by atoms with van der Waals surface area (Å²) < 4.78 is 15.4. The van der Waals surface area contributed by atoms with Gasteiger partial charge in [-0.2, -0.15) is 0 Å². The summed E-state index contributed by atoms with van der Waals surface area (Å²) in [6.07, 6.45) is 0. The van der Waals surface area contributed by atoms with Crippen LogP contribution in [-0.4, -0.2) is 25.2 Å². The van der Waals surface area contributed by atoms with Crippen molar-refractivity contribution in [3.8, 4) is 11.5 Å². The van der Waals surface area contributed by atoms with E-state index >= 15 is 0 Å². The molecule has 1 aliphatic rings. The second-order valence-electron chi connectivity index (χ2n) is 4.69. The molecule has 0 atom stereocenters. The number of rotatable bonds is 4. The Labute approximate surface area is 141 Å². The number of hydrogen-bond donors (Lipinski definition) is 0. The van der Waals surface area contributed by atoms with Gasteiger partial charge in [-0.25, -0.2) is 4.79 Å². The number of benzene rings is 2. The standard InChI is InChI=1S/C16H10Cl2O5/c17-10-2-3-12(18)11(6-10)16(20)21-7-13(19)9-1-4-14-15(5-9)23-8-22-14/h1-6H,7-8H2. The van der Waals surface area contributed by atoms with Crippen LogP contribution in [0, 0.1) is 0 Å². The Kier molecular flexibility index (Phi) is 4.41. The average Bonchev–Trinajstić information content (AvgIpc) is 3.02. The Bertz CT molecular complexity index is 788. The molecular formula is C16H10Cl2O5. The van der Waals surface area contributed by atoms with Gasteiger partial charge in [0.15, 0.2) is 23.9 Å². The van der Waals surface area contributed by atoms with E-state index in [4.69, 9.17) is 37.4 Å². The number of carbonyl (C=O) groups excluding carboxylic acids is 2. The molecule has 0 saturated heterocycles. The SMILES string of the molecule is O=C(COC(=O)c1cc(Cl)ccc1Cl)c1ccc2c(c1)OCO2. The van der Waals surface area contributed by atoms with Gasteiger partial charge in [-0.05, 0) is 36.4 Å². The smallest absolute Gasteiger partial charge is 0.340 e. The number of halogens is 2. The molecule has 23 heavy (non-hydrogen) atoms. The largest absolute Gasteiger partial charge is 0.454 e. The first kappa shape index (κ1) is 15.6. The molecule has 118 valence electrons. The van der Waals surface area contributed by atoms with E-state index in [1.807, 2.05) is 0 Å². The van der Waals surface area contributed by atoms with E-state index in [0.29, 0.717) is 22.1 Å². The number of fused-ring (bicyclic) bond motifs is 1. The zero-order valence-electron chi connectivity index (χ0n) is 11.7. The van der Waals surface area contributed by atoms with Crippen molar-refractivity contribution in [2.45, 2.75) is 0 Å². The van der Waals surface area contributed by atoms with Crippen molar-refractivity contribution in [1.82, 2.24) is 0 Å². The maximum atomic E-state index is 12.1. The van der Waals surface area contributed by atoms with Crippen LogP contribution in [0.15, 0.2) is 36.4 Å². The molecule has 0 saturated carbocycles. The minimum absolute atomic E-state index is 0.109. The van der Waals surface area contributed by atoms with Gasteiger partial charge in [0.05, 0.1) is 10.6 Å². The Balaban J connectivity index is 1.67. The Morgan fingerprint density at radius 3 is 2.65 bits per heavy atom. The van der Waals surface area contributed by atoms with Gasteiger partial charge in [0.25, 0.3) is 0 Å². The van der Waals surface area contributed by atoms with E-state index in [1.165, 1.54) is 12.1 Å². The molecule has 0 bridgehead atoms. The van der Waals surface area contributed by atoms with Crippen molar-refractivity contribution in [2.75, 3.05) is 13.4 Å². The van der Waals surface area contributed by atoms with Gasteiger partial charge in [0.1, 0.15) is 0 Å². The van der Waals surface area contributed by atoms with Crippen LogP contribution >= 0.6 is 23.2 Å². The summed E-state index contributed by atoms with van der Waals surface area (Å²) >= 11 is 11.7. The van der Waals surface area contributed by atoms with Crippen LogP contribution in [0.5, 0.6) is 11.5 Å². The van der Waals surface area contributed by atoms with Gasteiger partial charge in [-0.15, -0.1) is 0 Å². The maximum Gasteiger partial charge on any atom is 0.340 e. The number of hydrogen-bond acceptors (Lipinski definition) is 5. The highest BCUT2D eigenvalue weighted by Crippen LogP contribution is 2.32. The molecule has 0 aromatic heterocycles. The van der Waals surface area contributed by atoms with Crippen LogP contribution in [0.1, 0.15) is 20.7 Å². The monoisotopic (exact) mass is 352 g/mol. The van der Waals surface area contributed by atoms with Crippen LogP contribution in [0.3, 0.4) is 0 Å². The molecule has 0 amide bonds. The molecule has 0 N–H and O–H groups in total. The lowest BCUT2D eigenvalue weighted by Gasteiger charge is -2.07. The summed E-state index contributed by atoms with van der Waals surface area (Å²) in [6.45, 7) is -0.295. The van der Waals surface area contributed by atoms with Gasteiger partial charge in [0, 0.05) is 10.6 Å². The lowest BCUT2D eigenvalue weighted by molar-refractivity contribution is 0.0475. The Morgan fingerprint density at radius 2 is 1.83 bits per heavy atom. The molecule has 5 nitrogen and oxygen atoms in total. The first-order chi connectivity index (χ1) is 11.0. The van der Waals surface area contributed by atoms with Gasteiger partial charge in [-0.3, -0.25) is 4.79 Å². The maximum absolute atomic E-state index is 12.1. The normalized spacial score (nSPS) is 12.1. The third kappa shape index (κ3) is 3.41. The topological polar surface area (TPSA) is 61.8 Å². The van der Waals surface area contributed by atoms with Gasteiger partial charge in [0.2, 0.25) is 6.79 Å². The number of Topliss-reactive ketones (excluding diaryl/α,β-unsaturated/α-hetero) is 1. The van der Waals surface area contributed by atoms with E-state index in [1.54, 1.807) is 24.3 Å². The molecular weight excluding hydrogens is 343 g/mol. The minimum Gasteiger partial charge on any atom is -0.454 e. The molecule has 1 aliphatic heterocycles. The van der Waals surface area contributed by atoms with Crippen LogP contribution in [0.4, 0.5) is 0 Å². The highest BCUT2D eigenvalue weighted by Gasteiger charge is 2.18. The predicted octanol–water partition coefficient (Wildman–Crippen LogP) is 3.76. The third-order valence-corrected chi connectivity index (χ3v) is 3.74. The van der Waals surface area contributed by atoms with Crippen LogP contribution in [0.25, 0.3) is 0 Å². The van der Waals surface area contributed by atoms with E-state index in [9.17, 15) is 9.59 Å². The molecule has 0 radical (unpaired) electrons. The van der Waals surface area contributed by atoms with E-state index in [0.717, 1.165) is 0 Å². The van der Waals surface area contributed by atoms with Crippen LogP contribution in [-0.2, 0) is 4.74 Å². The third-order valence-electron chi connectivity index (χ3n) is 3.18. The fourth-order valence-corrected chi connectivity index (χ4v) is 2.38. The molecule has 0 fully saturated rings. The molecule has 0 spiro atoms. The summed E-state index contributed by atoms with van der Waals surface area (Å²) in [6, 6.07) is 9.18. The summed E-state index contributed by atoms with van der Waals surface area (Å²) in [5.41, 5.74) is 0.469. The van der Waals surface area contributed by atoms with Crippen molar-refractivity contribution in [1.29, 1.82) is 0 Å². The van der Waals surface area contributed by atoms with Gasteiger partial charge < -0.3 is 14.2 Å². The fourth-order valence-electron chi connectivity index (χ4n) is 2.02. The quantitative estimate of drug-likeness (QED) is 0.619. The summed E-state index contributed by atoms with van der Waals surface area (Å²) in [4.78, 5) is 24.1. The highest BCUT2D eigenvalue weighted by atomic mass is 35.5. The number of ketones is 1. The molecule has 2 aromatic carbocycles. The molecule has 2 aromatic rings. The molecule has 0 unspecified atom stereocenters. The lowest BCUT2D eigenvalue weighted by Crippen LogP contribution is -2.14. The van der Waals surface area contributed by atoms with Crippen LogP contribution < -0.4 is 9.47 Å². The zero-order chi connectivity index (χ0) is 16.4. The van der Waals surface area contributed by atoms with E-state index < -0.39 is 12.6 Å². The number of carbonyl (C=O) groups is 2. The van der Waals surface area contributed by atoms with Crippen LogP contribution in [0.2, 0.25) is 10.0 Å². The lowest BCUT2D eigenvalue weighted by atomic mass is 10.1. The van der Waals surface area contributed by atoms with Gasteiger partial charge in [-0.1, -0.05) is 23.2 Å². The van der Waals surface area contributed by atoms with E-state index in [2.05, 4.69) is 0 Å². The van der Waals surface area contributed by atoms with Crippen molar-refractivity contribution in [3.05, 3.63) is 57.6 Å². The van der Waals surface area contributed by atoms with Crippen molar-refractivity contribution in [3.63, 3.8) is 0 Å². The molecule has 3 rings (SSSR count). The molecule has 0 aliphatic carbocycles. The zero-order valence-corrected chi connectivity index (χ0v) is 13.2. The Morgan fingerprint density at radius 1 is 1.04 bits per heavy atom. The van der Waals surface area contributed by atoms with Crippen molar-refractivity contribution in [2.24, 2.45) is 0 Å². The summed E-state index contributed by atoms with van der Waals surface area (Å²) in [5.74, 6) is -0.0225. The second-order valence-corrected chi connectivity index (χ2v) is 5.54. The molecule has 1 heterocycles. The predicted molar refractivity (Wildman–Crippen MR) is 83.6 cm³/mol. The number of esters is 1. The average molecular weight is 353 g/mol. The Hall–Kier alpha value is -2.24. The minimum atomic E-state index is -0.716. The number of ether oxygens (including phenoxy) is 3. The van der Waals surface area contributed by atoms with Crippen molar-refractivity contribution >= 4 is 35.0 Å². The first-order valence-electron chi connectivity index (χ1n) is 6.59. The summed E-state index contributed by atoms with van der Waals surface area (Å²) in [5, 5.41) is 0.554. The van der Waals surface area contributed by atoms with Gasteiger partial charge >= 0.3 is 5.97 Å². The summed E-state index contributed by atoms with van der Waals surface area (Å²) in [7, 11) is 0. The first-order valence-corrected chi connectivity index (χ1v) is 7.35. The highest BCUT2D eigenvalue weighted by molar-refractivity contribution is 6.35. The van der Waals surface area contributed by atoms with Crippen molar-refractivity contribution < 1.29 is 23.8 Å². The fraction of sp³-hybridized carbons (Fsp3) is 0.125. The van der Waals surface area contributed by atoms with E-state index in [-0.39, 0.29) is 23.2 Å². The molecule has 7 heteroatoms.